The van der Waals surface area contributed by atoms with Gasteiger partial charge in [-0.15, -0.1) is 0 Å². The molecular weight excluding hydrogens is 256 g/mol. The van der Waals surface area contributed by atoms with Crippen LogP contribution in [0.1, 0.15) is 25.7 Å². The Morgan fingerprint density at radius 1 is 1.40 bits per heavy atom. The fraction of sp³-hybridized carbons (Fsp3) is 0.571. The molecule has 1 amide bonds. The van der Waals surface area contributed by atoms with Crippen molar-refractivity contribution in [3.8, 4) is 0 Å². The molecular formula is C14H22N4O2. The zero-order valence-corrected chi connectivity index (χ0v) is 12.1. The minimum atomic E-state index is -0.329. The molecule has 2 N–H and O–H groups in total. The molecule has 0 radical (unpaired) electrons. The Labute approximate surface area is 119 Å². The Balaban J connectivity index is 2.11. The molecule has 2 heterocycles. The Morgan fingerprint density at radius 2 is 2.10 bits per heavy atom. The normalized spacial score (nSPS) is 21.3. The number of carbonyl (C=O) groups is 1. The summed E-state index contributed by atoms with van der Waals surface area (Å²) in [5.74, 6) is 0.645. The molecule has 20 heavy (non-hydrogen) atoms. The molecule has 0 aromatic heterocycles. The minimum absolute atomic E-state index is 0.259. The van der Waals surface area contributed by atoms with Crippen molar-refractivity contribution in [3.05, 3.63) is 23.4 Å². The van der Waals surface area contributed by atoms with Gasteiger partial charge in [-0.25, -0.2) is 9.79 Å². The summed E-state index contributed by atoms with van der Waals surface area (Å²) < 4.78 is 5.49. The number of nitrogens with two attached hydrogens (primary N) is 1. The van der Waals surface area contributed by atoms with Gasteiger partial charge >= 0.3 is 6.09 Å². The van der Waals surface area contributed by atoms with E-state index in [1.165, 1.54) is 6.42 Å². The number of nitrogens with zero attached hydrogens (tertiary/aromatic N) is 3. The molecule has 0 saturated carbocycles. The van der Waals surface area contributed by atoms with Gasteiger partial charge in [0.25, 0.3) is 0 Å². The monoisotopic (exact) mass is 278 g/mol. The Bertz CT molecular complexity index is 460. The van der Waals surface area contributed by atoms with Crippen LogP contribution >= 0.6 is 0 Å². The second-order valence-corrected chi connectivity index (χ2v) is 5.26. The molecule has 6 nitrogen and oxygen atoms in total. The maximum absolute atomic E-state index is 12.2. The highest BCUT2D eigenvalue weighted by atomic mass is 16.6. The molecule has 0 aromatic rings. The summed E-state index contributed by atoms with van der Waals surface area (Å²) >= 11 is 0. The average molecular weight is 278 g/mol. The number of piperidine rings is 1. The van der Waals surface area contributed by atoms with Crippen molar-refractivity contribution in [2.24, 2.45) is 10.7 Å². The molecule has 2 aliphatic rings. The van der Waals surface area contributed by atoms with E-state index in [1.807, 2.05) is 25.2 Å². The van der Waals surface area contributed by atoms with Crippen LogP contribution in [-0.2, 0) is 4.74 Å². The first kappa shape index (κ1) is 14.4. The van der Waals surface area contributed by atoms with E-state index in [0.717, 1.165) is 31.5 Å². The van der Waals surface area contributed by atoms with Crippen molar-refractivity contribution in [1.82, 2.24) is 9.80 Å². The molecule has 0 unspecified atom stereocenters. The van der Waals surface area contributed by atoms with Gasteiger partial charge in [-0.3, -0.25) is 0 Å². The van der Waals surface area contributed by atoms with Gasteiger partial charge in [-0.1, -0.05) is 0 Å². The van der Waals surface area contributed by atoms with Crippen molar-refractivity contribution >= 4 is 12.3 Å². The number of aliphatic imine (C=N–C) groups is 1. The maximum atomic E-state index is 12.2. The maximum Gasteiger partial charge on any atom is 0.415 e. The number of ether oxygens (including phenoxy) is 1. The average Bonchev–Trinajstić information content (AvgIpc) is 2.43. The zero-order chi connectivity index (χ0) is 14.5. The Kier molecular flexibility index (Phi) is 4.65. The standard InChI is InChI=1S/C14H22N4O2/c1-17(2)10-11-6-7-16-13(15)12(11)20-14(19)18-8-4-3-5-9-18/h7,10H,3-6,8-9,15H2,1-2H3. The first-order valence-corrected chi connectivity index (χ1v) is 6.94. The van der Waals surface area contributed by atoms with Crippen LogP contribution in [0.5, 0.6) is 0 Å². The third kappa shape index (κ3) is 3.53. The van der Waals surface area contributed by atoms with Crippen LogP contribution in [0.25, 0.3) is 0 Å². The van der Waals surface area contributed by atoms with E-state index in [-0.39, 0.29) is 11.9 Å². The number of amides is 1. The smallest absolute Gasteiger partial charge is 0.406 e. The van der Waals surface area contributed by atoms with Gasteiger partial charge in [-0.2, -0.15) is 0 Å². The topological polar surface area (TPSA) is 71.2 Å². The molecule has 6 heteroatoms. The summed E-state index contributed by atoms with van der Waals surface area (Å²) in [5.41, 5.74) is 6.72. The highest BCUT2D eigenvalue weighted by Gasteiger charge is 2.23. The largest absolute Gasteiger partial charge is 0.415 e. The molecule has 0 atom stereocenters. The van der Waals surface area contributed by atoms with E-state index in [9.17, 15) is 4.79 Å². The number of allylic oxidation sites excluding steroid dienone is 1. The Morgan fingerprint density at radius 3 is 2.75 bits per heavy atom. The highest BCUT2D eigenvalue weighted by Crippen LogP contribution is 2.23. The summed E-state index contributed by atoms with van der Waals surface area (Å²) in [6, 6.07) is 0. The number of likely N-dealkylation sites (tertiary alicyclic amines) is 1. The van der Waals surface area contributed by atoms with Gasteiger partial charge in [0.2, 0.25) is 0 Å². The van der Waals surface area contributed by atoms with E-state index >= 15 is 0 Å². The summed E-state index contributed by atoms with van der Waals surface area (Å²) in [6.45, 7) is 1.50. The summed E-state index contributed by atoms with van der Waals surface area (Å²) in [6.07, 6.45) is 7.14. The number of rotatable bonds is 2. The lowest BCUT2D eigenvalue weighted by atomic mass is 10.1. The molecule has 0 aromatic carbocycles. The molecule has 2 rings (SSSR count). The quantitative estimate of drug-likeness (QED) is 0.834. The third-order valence-electron chi connectivity index (χ3n) is 3.28. The lowest BCUT2D eigenvalue weighted by molar-refractivity contribution is 0.120. The summed E-state index contributed by atoms with van der Waals surface area (Å²) in [5, 5.41) is 0. The molecule has 0 spiro atoms. The van der Waals surface area contributed by atoms with E-state index in [4.69, 9.17) is 10.5 Å². The predicted octanol–water partition coefficient (Wildman–Crippen LogP) is 1.66. The fourth-order valence-electron chi connectivity index (χ4n) is 2.33. The van der Waals surface area contributed by atoms with Crippen molar-refractivity contribution < 1.29 is 9.53 Å². The van der Waals surface area contributed by atoms with Gasteiger partial charge in [0.15, 0.2) is 11.6 Å². The SMILES string of the molecule is CN(C)C=C1CC=NC(N)=C1OC(=O)N1CCCCC1. The number of hydrogen-bond donors (Lipinski definition) is 1. The lowest BCUT2D eigenvalue weighted by Crippen LogP contribution is -2.36. The van der Waals surface area contributed by atoms with Gasteiger partial charge in [0, 0.05) is 51.6 Å². The number of carbonyl (C=O) groups excluding carboxylic acids is 1. The van der Waals surface area contributed by atoms with E-state index in [2.05, 4.69) is 4.99 Å². The highest BCUT2D eigenvalue weighted by molar-refractivity contribution is 5.73. The van der Waals surface area contributed by atoms with Crippen molar-refractivity contribution in [1.29, 1.82) is 0 Å². The van der Waals surface area contributed by atoms with Crippen molar-refractivity contribution in [2.75, 3.05) is 27.2 Å². The van der Waals surface area contributed by atoms with Gasteiger partial charge in [0.1, 0.15) is 0 Å². The van der Waals surface area contributed by atoms with Crippen LogP contribution < -0.4 is 5.73 Å². The minimum Gasteiger partial charge on any atom is -0.406 e. The Hall–Kier alpha value is -1.98. The van der Waals surface area contributed by atoms with Crippen LogP contribution in [0.15, 0.2) is 28.3 Å². The number of hydrogen-bond acceptors (Lipinski definition) is 5. The lowest BCUT2D eigenvalue weighted by Gasteiger charge is -2.27. The predicted molar refractivity (Wildman–Crippen MR) is 78.0 cm³/mol. The van der Waals surface area contributed by atoms with Gasteiger partial charge < -0.3 is 20.3 Å². The molecule has 2 aliphatic heterocycles. The second-order valence-electron chi connectivity index (χ2n) is 5.26. The van der Waals surface area contributed by atoms with E-state index in [0.29, 0.717) is 12.2 Å². The molecule has 0 bridgehead atoms. The molecule has 1 saturated heterocycles. The van der Waals surface area contributed by atoms with Crippen LogP contribution in [0.4, 0.5) is 4.79 Å². The first-order chi connectivity index (χ1) is 9.58. The van der Waals surface area contributed by atoms with Crippen molar-refractivity contribution in [3.63, 3.8) is 0 Å². The first-order valence-electron chi connectivity index (χ1n) is 6.94. The van der Waals surface area contributed by atoms with Crippen LogP contribution in [-0.4, -0.2) is 49.3 Å². The molecule has 1 fully saturated rings. The molecule has 0 aliphatic carbocycles. The van der Waals surface area contributed by atoms with E-state index in [1.54, 1.807) is 11.1 Å². The summed E-state index contributed by atoms with van der Waals surface area (Å²) in [4.78, 5) is 19.8. The van der Waals surface area contributed by atoms with Crippen molar-refractivity contribution in [2.45, 2.75) is 25.7 Å². The van der Waals surface area contributed by atoms with E-state index < -0.39 is 0 Å². The summed E-state index contributed by atoms with van der Waals surface area (Å²) in [7, 11) is 3.83. The fourth-order valence-corrected chi connectivity index (χ4v) is 2.33. The third-order valence-corrected chi connectivity index (χ3v) is 3.28. The molecule has 110 valence electrons. The zero-order valence-electron chi connectivity index (χ0n) is 12.1. The van der Waals surface area contributed by atoms with Crippen LogP contribution in [0, 0.1) is 0 Å². The van der Waals surface area contributed by atoms with Crippen LogP contribution in [0.2, 0.25) is 0 Å². The van der Waals surface area contributed by atoms with Crippen LogP contribution in [0.3, 0.4) is 0 Å². The van der Waals surface area contributed by atoms with Gasteiger partial charge in [0.05, 0.1) is 0 Å². The second kappa shape index (κ2) is 6.45. The van der Waals surface area contributed by atoms with Gasteiger partial charge in [-0.05, 0) is 19.3 Å².